The standard InChI is InChI=1S/C18H16N2O4S/c1-23-17(21)15-16(18(22)24-2)20(11-19-15)10-12-5-7-13(8-6-12)14-4-3-9-25-14/h3-9,11H,10H2,1-2H3. The summed E-state index contributed by atoms with van der Waals surface area (Å²) in [5, 5.41) is 2.03. The van der Waals surface area contributed by atoms with Crippen molar-refractivity contribution in [2.24, 2.45) is 0 Å². The van der Waals surface area contributed by atoms with Crippen LogP contribution >= 0.6 is 11.3 Å². The van der Waals surface area contributed by atoms with E-state index in [-0.39, 0.29) is 11.4 Å². The molecule has 7 heteroatoms. The average molecular weight is 356 g/mol. The third kappa shape index (κ3) is 3.46. The van der Waals surface area contributed by atoms with E-state index in [1.807, 2.05) is 35.7 Å². The molecule has 3 aromatic rings. The minimum Gasteiger partial charge on any atom is -0.464 e. The fraction of sp³-hybridized carbons (Fsp3) is 0.167. The van der Waals surface area contributed by atoms with Crippen molar-refractivity contribution in [1.29, 1.82) is 0 Å². The molecule has 0 saturated carbocycles. The lowest BCUT2D eigenvalue weighted by molar-refractivity contribution is 0.0544. The molecule has 0 amide bonds. The van der Waals surface area contributed by atoms with Crippen LogP contribution < -0.4 is 0 Å². The molecular formula is C18H16N2O4S. The van der Waals surface area contributed by atoms with Crippen LogP contribution in [0.1, 0.15) is 26.5 Å². The topological polar surface area (TPSA) is 70.4 Å². The Balaban J connectivity index is 1.88. The summed E-state index contributed by atoms with van der Waals surface area (Å²) in [7, 11) is 2.50. The second-order valence-corrected chi connectivity index (χ2v) is 6.17. The molecule has 0 N–H and O–H groups in total. The number of methoxy groups -OCH3 is 2. The van der Waals surface area contributed by atoms with E-state index in [1.165, 1.54) is 25.4 Å². The van der Waals surface area contributed by atoms with E-state index in [4.69, 9.17) is 4.74 Å². The van der Waals surface area contributed by atoms with Crippen molar-refractivity contribution in [3.05, 3.63) is 65.1 Å². The van der Waals surface area contributed by atoms with Gasteiger partial charge >= 0.3 is 11.9 Å². The smallest absolute Gasteiger partial charge is 0.359 e. The minimum atomic E-state index is -0.674. The van der Waals surface area contributed by atoms with Gasteiger partial charge in [0.15, 0.2) is 11.4 Å². The Kier molecular flexibility index (Phi) is 4.95. The van der Waals surface area contributed by atoms with E-state index in [1.54, 1.807) is 15.9 Å². The van der Waals surface area contributed by atoms with E-state index in [0.29, 0.717) is 6.54 Å². The number of rotatable bonds is 5. The lowest BCUT2D eigenvalue weighted by Gasteiger charge is -2.08. The number of imidazole rings is 1. The molecule has 0 saturated heterocycles. The second-order valence-electron chi connectivity index (χ2n) is 5.23. The highest BCUT2D eigenvalue weighted by atomic mass is 32.1. The van der Waals surface area contributed by atoms with Crippen LogP contribution in [0.2, 0.25) is 0 Å². The molecule has 0 bridgehead atoms. The number of hydrogen-bond donors (Lipinski definition) is 0. The molecule has 0 spiro atoms. The van der Waals surface area contributed by atoms with Crippen molar-refractivity contribution in [3.8, 4) is 10.4 Å². The van der Waals surface area contributed by atoms with Crippen molar-refractivity contribution in [2.75, 3.05) is 14.2 Å². The quantitative estimate of drug-likeness (QED) is 0.657. The molecule has 0 aliphatic rings. The maximum Gasteiger partial charge on any atom is 0.359 e. The van der Waals surface area contributed by atoms with Crippen molar-refractivity contribution in [2.45, 2.75) is 6.54 Å². The van der Waals surface area contributed by atoms with E-state index in [2.05, 4.69) is 15.8 Å². The number of benzene rings is 1. The Morgan fingerprint density at radius 2 is 1.80 bits per heavy atom. The van der Waals surface area contributed by atoms with Gasteiger partial charge in [0, 0.05) is 11.4 Å². The average Bonchev–Trinajstić information content (AvgIpc) is 3.31. The van der Waals surface area contributed by atoms with Gasteiger partial charge in [-0.05, 0) is 22.6 Å². The zero-order chi connectivity index (χ0) is 17.8. The van der Waals surface area contributed by atoms with Gasteiger partial charge in [0.05, 0.1) is 20.5 Å². The summed E-state index contributed by atoms with van der Waals surface area (Å²) in [5.74, 6) is -1.31. The number of aromatic nitrogens is 2. The lowest BCUT2D eigenvalue weighted by Crippen LogP contribution is -2.16. The van der Waals surface area contributed by atoms with Crippen molar-refractivity contribution >= 4 is 23.3 Å². The van der Waals surface area contributed by atoms with E-state index < -0.39 is 11.9 Å². The first-order valence-electron chi connectivity index (χ1n) is 7.48. The van der Waals surface area contributed by atoms with Gasteiger partial charge < -0.3 is 14.0 Å². The van der Waals surface area contributed by atoms with Crippen LogP contribution in [0.5, 0.6) is 0 Å². The first-order valence-corrected chi connectivity index (χ1v) is 8.36. The Morgan fingerprint density at radius 3 is 2.40 bits per heavy atom. The van der Waals surface area contributed by atoms with Crippen molar-refractivity contribution in [1.82, 2.24) is 9.55 Å². The van der Waals surface area contributed by atoms with Gasteiger partial charge in [0.2, 0.25) is 0 Å². The largest absolute Gasteiger partial charge is 0.464 e. The molecule has 1 aromatic carbocycles. The van der Waals surface area contributed by atoms with E-state index in [9.17, 15) is 9.59 Å². The van der Waals surface area contributed by atoms with Crippen LogP contribution in [-0.2, 0) is 16.0 Å². The molecule has 128 valence electrons. The number of esters is 2. The summed E-state index contributed by atoms with van der Waals surface area (Å²) < 4.78 is 11.0. The summed E-state index contributed by atoms with van der Waals surface area (Å²) in [5.41, 5.74) is 2.13. The number of carbonyl (C=O) groups is 2. The highest BCUT2D eigenvalue weighted by molar-refractivity contribution is 7.13. The highest BCUT2D eigenvalue weighted by Gasteiger charge is 2.25. The Morgan fingerprint density at radius 1 is 1.08 bits per heavy atom. The zero-order valence-corrected chi connectivity index (χ0v) is 14.6. The number of carbonyl (C=O) groups excluding carboxylic acids is 2. The van der Waals surface area contributed by atoms with Gasteiger partial charge in [-0.2, -0.15) is 0 Å². The predicted octanol–water partition coefficient (Wildman–Crippen LogP) is 3.23. The van der Waals surface area contributed by atoms with Gasteiger partial charge in [0.25, 0.3) is 0 Å². The lowest BCUT2D eigenvalue weighted by atomic mass is 10.1. The molecule has 0 fully saturated rings. The SMILES string of the molecule is COC(=O)c1ncn(Cc2ccc(-c3cccs3)cc2)c1C(=O)OC. The van der Waals surface area contributed by atoms with Gasteiger partial charge in [0.1, 0.15) is 0 Å². The molecule has 2 heterocycles. The third-order valence-corrected chi connectivity index (χ3v) is 4.63. The molecule has 25 heavy (non-hydrogen) atoms. The first kappa shape index (κ1) is 16.9. The highest BCUT2D eigenvalue weighted by Crippen LogP contribution is 2.25. The zero-order valence-electron chi connectivity index (χ0n) is 13.8. The monoisotopic (exact) mass is 356 g/mol. The van der Waals surface area contributed by atoms with Gasteiger partial charge in [-0.25, -0.2) is 14.6 Å². The number of hydrogen-bond acceptors (Lipinski definition) is 6. The van der Waals surface area contributed by atoms with E-state index >= 15 is 0 Å². The van der Waals surface area contributed by atoms with E-state index in [0.717, 1.165) is 11.1 Å². The summed E-state index contributed by atoms with van der Waals surface area (Å²) in [6.45, 7) is 0.388. The summed E-state index contributed by atoms with van der Waals surface area (Å²) in [4.78, 5) is 29.0. The molecule has 0 radical (unpaired) electrons. The molecule has 0 aliphatic carbocycles. The molecular weight excluding hydrogens is 340 g/mol. The molecule has 0 atom stereocenters. The molecule has 0 aliphatic heterocycles. The fourth-order valence-electron chi connectivity index (χ4n) is 2.47. The normalized spacial score (nSPS) is 10.5. The molecule has 3 rings (SSSR count). The number of ether oxygens (including phenoxy) is 2. The van der Waals surface area contributed by atoms with Crippen LogP contribution in [0.25, 0.3) is 10.4 Å². The van der Waals surface area contributed by atoms with Crippen molar-refractivity contribution < 1.29 is 19.1 Å². The number of thiophene rings is 1. The van der Waals surface area contributed by atoms with Crippen LogP contribution in [0, 0.1) is 0 Å². The van der Waals surface area contributed by atoms with Crippen molar-refractivity contribution in [3.63, 3.8) is 0 Å². The van der Waals surface area contributed by atoms with Gasteiger partial charge in [-0.1, -0.05) is 30.3 Å². The summed E-state index contributed by atoms with van der Waals surface area (Å²) in [6, 6.07) is 12.1. The molecule has 0 unspecified atom stereocenters. The second kappa shape index (κ2) is 7.31. The molecule has 6 nitrogen and oxygen atoms in total. The van der Waals surface area contributed by atoms with Gasteiger partial charge in [-0.15, -0.1) is 11.3 Å². The van der Waals surface area contributed by atoms with Crippen LogP contribution in [0.4, 0.5) is 0 Å². The van der Waals surface area contributed by atoms with Gasteiger partial charge in [-0.3, -0.25) is 0 Å². The van der Waals surface area contributed by atoms with Crippen LogP contribution in [0.3, 0.4) is 0 Å². The summed E-state index contributed by atoms with van der Waals surface area (Å²) in [6.07, 6.45) is 1.44. The molecule has 2 aromatic heterocycles. The fourth-order valence-corrected chi connectivity index (χ4v) is 3.21. The Labute approximate surface area is 148 Å². The van der Waals surface area contributed by atoms with Crippen LogP contribution in [-0.4, -0.2) is 35.7 Å². The summed E-state index contributed by atoms with van der Waals surface area (Å²) >= 11 is 1.68. The minimum absolute atomic E-state index is 0.0513. The maximum absolute atomic E-state index is 12.0. The Hall–Kier alpha value is -2.93. The number of nitrogens with zero attached hydrogens (tertiary/aromatic N) is 2. The first-order chi connectivity index (χ1) is 12.1. The third-order valence-electron chi connectivity index (χ3n) is 3.71. The Bertz CT molecular complexity index is 882. The van der Waals surface area contributed by atoms with Crippen LogP contribution in [0.15, 0.2) is 48.1 Å². The predicted molar refractivity (Wildman–Crippen MR) is 93.8 cm³/mol. The maximum atomic E-state index is 12.0.